The number of aromatic nitrogens is 1. The monoisotopic (exact) mass is 179 g/mol. The van der Waals surface area contributed by atoms with Crippen LogP contribution in [0.1, 0.15) is 11.7 Å². The van der Waals surface area contributed by atoms with E-state index < -0.39 is 11.9 Å². The Kier molecular flexibility index (Phi) is 1.68. The van der Waals surface area contributed by atoms with Gasteiger partial charge >= 0.3 is 5.76 Å². The third kappa shape index (κ3) is 1.34. The maximum atomic E-state index is 10.8. The third-order valence-corrected chi connectivity index (χ3v) is 1.83. The molecule has 0 amide bonds. The van der Waals surface area contributed by atoms with Crippen LogP contribution in [0, 0.1) is 0 Å². The zero-order valence-corrected chi connectivity index (χ0v) is 6.78. The molecule has 5 nitrogen and oxygen atoms in total. The topological polar surface area (TPSA) is 98.0 Å². The van der Waals surface area contributed by atoms with Gasteiger partial charge < -0.3 is 15.9 Å². The summed E-state index contributed by atoms with van der Waals surface area (Å²) in [4.78, 5) is 13.3. The number of fused-ring (bicyclic) bond motifs is 1. The van der Waals surface area contributed by atoms with Gasteiger partial charge in [0, 0.05) is 0 Å². The molecule has 1 aromatic heterocycles. The lowest BCUT2D eigenvalue weighted by Gasteiger charge is -2.03. The molecule has 0 saturated carbocycles. The molecule has 0 spiro atoms. The Balaban J connectivity index is 2.68. The van der Waals surface area contributed by atoms with Crippen LogP contribution >= 0.6 is 0 Å². The van der Waals surface area contributed by atoms with Crippen LogP contribution in [0.4, 0.5) is 0 Å². The molecule has 0 unspecified atom stereocenters. The van der Waals surface area contributed by atoms with Crippen molar-refractivity contribution in [2.24, 2.45) is 11.5 Å². The summed E-state index contributed by atoms with van der Waals surface area (Å²) in [5.41, 5.74) is 12.8. The summed E-state index contributed by atoms with van der Waals surface area (Å²) in [5.74, 6) is -0.474. The first-order chi connectivity index (χ1) is 6.16. The number of H-pyrrole nitrogens is 1. The zero-order valence-electron chi connectivity index (χ0n) is 6.78. The Hall–Kier alpha value is -1.59. The quantitative estimate of drug-likeness (QED) is 0.538. The molecule has 5 N–H and O–H groups in total. The van der Waals surface area contributed by atoms with Crippen molar-refractivity contribution in [2.45, 2.75) is 6.17 Å². The van der Waals surface area contributed by atoms with Crippen molar-refractivity contribution < 1.29 is 4.42 Å². The Morgan fingerprint density at radius 2 is 2.15 bits per heavy atom. The van der Waals surface area contributed by atoms with Crippen LogP contribution < -0.4 is 17.2 Å². The summed E-state index contributed by atoms with van der Waals surface area (Å²) in [6.07, 6.45) is -0.539. The summed E-state index contributed by atoms with van der Waals surface area (Å²) in [5, 5.41) is 0. The van der Waals surface area contributed by atoms with Crippen LogP contribution in [0.25, 0.3) is 11.1 Å². The van der Waals surface area contributed by atoms with Gasteiger partial charge in [0.05, 0.1) is 11.7 Å². The molecule has 68 valence electrons. The van der Waals surface area contributed by atoms with E-state index in [1.807, 2.05) is 0 Å². The van der Waals surface area contributed by atoms with Gasteiger partial charge in [0.2, 0.25) is 0 Å². The van der Waals surface area contributed by atoms with Gasteiger partial charge in [-0.2, -0.15) is 0 Å². The Morgan fingerprint density at radius 1 is 1.38 bits per heavy atom. The number of nitrogens with one attached hydrogen (secondary N) is 1. The minimum atomic E-state index is -0.539. The number of hydrogen-bond donors (Lipinski definition) is 3. The normalized spacial score (nSPS) is 11.3. The molecule has 0 bridgehead atoms. The number of nitrogens with two attached hydrogens (primary N) is 2. The predicted octanol–water partition coefficient (Wildman–Crippen LogP) is 0.0371. The summed E-state index contributed by atoms with van der Waals surface area (Å²) in [6.45, 7) is 0. The first-order valence-corrected chi connectivity index (χ1v) is 3.81. The number of benzene rings is 1. The summed E-state index contributed by atoms with van der Waals surface area (Å²) < 4.78 is 4.81. The minimum absolute atomic E-state index is 0.474. The fourth-order valence-corrected chi connectivity index (χ4v) is 1.18. The Morgan fingerprint density at radius 3 is 2.85 bits per heavy atom. The molecule has 0 fully saturated rings. The van der Waals surface area contributed by atoms with Crippen molar-refractivity contribution in [3.63, 3.8) is 0 Å². The maximum Gasteiger partial charge on any atom is 0.417 e. The number of rotatable bonds is 1. The van der Waals surface area contributed by atoms with Crippen LogP contribution in [0.2, 0.25) is 0 Å². The molecule has 0 aliphatic heterocycles. The van der Waals surface area contributed by atoms with E-state index in [0.29, 0.717) is 11.1 Å². The second-order valence-corrected chi connectivity index (χ2v) is 2.80. The fourth-order valence-electron chi connectivity index (χ4n) is 1.18. The van der Waals surface area contributed by atoms with Gasteiger partial charge in [-0.1, -0.05) is 6.07 Å². The Bertz CT molecular complexity index is 483. The molecule has 0 radical (unpaired) electrons. The van der Waals surface area contributed by atoms with E-state index in [4.69, 9.17) is 15.9 Å². The van der Waals surface area contributed by atoms with Crippen molar-refractivity contribution in [3.05, 3.63) is 34.3 Å². The first-order valence-electron chi connectivity index (χ1n) is 3.81. The standard InChI is InChI=1S/C8H9N3O2/c9-7(10)4-1-2-6-5(3-4)11-8(12)13-6/h1-3,7H,9-10H2,(H,11,12). The highest BCUT2D eigenvalue weighted by Gasteiger charge is 2.04. The van der Waals surface area contributed by atoms with Crippen LogP contribution in [0.5, 0.6) is 0 Å². The van der Waals surface area contributed by atoms with Crippen molar-refractivity contribution >= 4 is 11.1 Å². The molecular weight excluding hydrogens is 170 g/mol. The van der Waals surface area contributed by atoms with Gasteiger partial charge in [-0.25, -0.2) is 4.79 Å². The van der Waals surface area contributed by atoms with Gasteiger partial charge in [-0.3, -0.25) is 4.98 Å². The largest absolute Gasteiger partial charge is 0.417 e. The van der Waals surface area contributed by atoms with E-state index in [1.165, 1.54) is 0 Å². The molecule has 0 aliphatic rings. The van der Waals surface area contributed by atoms with Crippen LogP contribution in [-0.2, 0) is 0 Å². The molecule has 5 heteroatoms. The fraction of sp³-hybridized carbons (Fsp3) is 0.125. The second kappa shape index (κ2) is 2.72. The lowest BCUT2D eigenvalue weighted by molar-refractivity contribution is 0.555. The van der Waals surface area contributed by atoms with Crippen molar-refractivity contribution in [1.29, 1.82) is 0 Å². The SMILES string of the molecule is NC(N)c1ccc2oc(=O)[nH]c2c1. The lowest BCUT2D eigenvalue weighted by Crippen LogP contribution is -2.19. The van der Waals surface area contributed by atoms with E-state index in [-0.39, 0.29) is 0 Å². The molecular formula is C8H9N3O2. The second-order valence-electron chi connectivity index (χ2n) is 2.80. The molecule has 2 rings (SSSR count). The smallest absolute Gasteiger partial charge is 0.408 e. The van der Waals surface area contributed by atoms with Crippen molar-refractivity contribution in [3.8, 4) is 0 Å². The van der Waals surface area contributed by atoms with Gasteiger partial charge in [-0.05, 0) is 17.7 Å². The molecule has 0 atom stereocenters. The highest BCUT2D eigenvalue weighted by atomic mass is 16.4. The van der Waals surface area contributed by atoms with E-state index in [9.17, 15) is 4.79 Å². The highest BCUT2D eigenvalue weighted by molar-refractivity contribution is 5.72. The predicted molar refractivity (Wildman–Crippen MR) is 48.0 cm³/mol. The Labute approximate surface area is 73.3 Å². The summed E-state index contributed by atoms with van der Waals surface area (Å²) in [7, 11) is 0. The summed E-state index contributed by atoms with van der Waals surface area (Å²) in [6, 6.07) is 5.09. The van der Waals surface area contributed by atoms with Crippen molar-refractivity contribution in [2.75, 3.05) is 0 Å². The van der Waals surface area contributed by atoms with E-state index in [2.05, 4.69) is 4.98 Å². The average molecular weight is 179 g/mol. The molecule has 2 aromatic rings. The lowest BCUT2D eigenvalue weighted by atomic mass is 10.2. The van der Waals surface area contributed by atoms with E-state index in [1.54, 1.807) is 18.2 Å². The molecule has 13 heavy (non-hydrogen) atoms. The van der Waals surface area contributed by atoms with Gasteiger partial charge in [0.15, 0.2) is 5.58 Å². The van der Waals surface area contributed by atoms with Crippen LogP contribution in [-0.4, -0.2) is 4.98 Å². The number of aromatic amines is 1. The number of oxazole rings is 1. The van der Waals surface area contributed by atoms with Crippen LogP contribution in [0.15, 0.2) is 27.4 Å². The zero-order chi connectivity index (χ0) is 9.42. The summed E-state index contributed by atoms with van der Waals surface area (Å²) >= 11 is 0. The minimum Gasteiger partial charge on any atom is -0.408 e. The van der Waals surface area contributed by atoms with Gasteiger partial charge in [0.1, 0.15) is 0 Å². The van der Waals surface area contributed by atoms with E-state index >= 15 is 0 Å². The average Bonchev–Trinajstić information content (AvgIpc) is 2.42. The molecule has 1 aromatic carbocycles. The van der Waals surface area contributed by atoms with Gasteiger partial charge in [-0.15, -0.1) is 0 Å². The molecule has 0 aliphatic carbocycles. The molecule has 1 heterocycles. The third-order valence-electron chi connectivity index (χ3n) is 1.83. The van der Waals surface area contributed by atoms with Gasteiger partial charge in [0.25, 0.3) is 0 Å². The maximum absolute atomic E-state index is 10.8. The highest BCUT2D eigenvalue weighted by Crippen LogP contribution is 2.14. The van der Waals surface area contributed by atoms with Crippen LogP contribution in [0.3, 0.4) is 0 Å². The molecule has 0 saturated heterocycles. The number of hydrogen-bond acceptors (Lipinski definition) is 4. The van der Waals surface area contributed by atoms with Crippen molar-refractivity contribution in [1.82, 2.24) is 4.98 Å². The first kappa shape index (κ1) is 8.03. The van der Waals surface area contributed by atoms with E-state index in [0.717, 1.165) is 5.56 Å².